The lowest BCUT2D eigenvalue weighted by Crippen LogP contribution is -2.36. The van der Waals surface area contributed by atoms with Gasteiger partial charge in [-0.2, -0.15) is 18.3 Å². The molecule has 138 valence electrons. The Labute approximate surface area is 145 Å². The van der Waals surface area contributed by atoms with E-state index in [1.807, 2.05) is 0 Å². The molecule has 3 heterocycles. The maximum Gasteiger partial charge on any atom is 0.410 e. The molecular weight excluding hydrogens is 355 g/mol. The number of alkyl halides is 3. The summed E-state index contributed by atoms with van der Waals surface area (Å²) in [6, 6.07) is 2.22. The molecule has 0 bridgehead atoms. The monoisotopic (exact) mass is 369 g/mol. The number of aromatic carboxylic acids is 1. The Morgan fingerprint density at radius 1 is 1.27 bits per heavy atom. The van der Waals surface area contributed by atoms with Crippen LogP contribution in [0.15, 0.2) is 24.4 Å². The molecule has 4 rings (SSSR count). The van der Waals surface area contributed by atoms with Crippen molar-refractivity contribution in [3.63, 3.8) is 0 Å². The third-order valence-corrected chi connectivity index (χ3v) is 4.44. The number of aromatic nitrogens is 2. The zero-order chi connectivity index (χ0) is 18.5. The number of anilines is 1. The van der Waals surface area contributed by atoms with Crippen LogP contribution in [-0.4, -0.2) is 40.2 Å². The molecule has 0 aliphatic carbocycles. The summed E-state index contributed by atoms with van der Waals surface area (Å²) in [6.45, 7) is 0.765. The van der Waals surface area contributed by atoms with Gasteiger partial charge in [0.25, 0.3) is 0 Å². The van der Waals surface area contributed by atoms with Gasteiger partial charge >= 0.3 is 12.1 Å². The molecule has 26 heavy (non-hydrogen) atoms. The van der Waals surface area contributed by atoms with Gasteiger partial charge in [-0.25, -0.2) is 9.48 Å². The van der Waals surface area contributed by atoms with Crippen LogP contribution < -0.4 is 14.8 Å². The summed E-state index contributed by atoms with van der Waals surface area (Å²) in [4.78, 5) is 11.3. The SMILES string of the molecule is O=C(O)c1cnn2c1N[C@@H](c1ccc3c(c1)OCCO3)C[C@@H]2C(F)(F)F. The minimum absolute atomic E-state index is 0.161. The van der Waals surface area contributed by atoms with E-state index in [1.165, 1.54) is 0 Å². The summed E-state index contributed by atoms with van der Waals surface area (Å²) in [6.07, 6.45) is -3.96. The van der Waals surface area contributed by atoms with Crippen molar-refractivity contribution in [2.45, 2.75) is 24.7 Å². The zero-order valence-electron chi connectivity index (χ0n) is 13.3. The Morgan fingerprint density at radius 2 is 2.00 bits per heavy atom. The molecule has 0 unspecified atom stereocenters. The topological polar surface area (TPSA) is 85.6 Å². The minimum atomic E-state index is -4.56. The molecule has 7 nitrogen and oxygen atoms in total. The second-order valence-corrected chi connectivity index (χ2v) is 6.05. The third kappa shape index (κ3) is 2.71. The average molecular weight is 369 g/mol. The Hall–Kier alpha value is -2.91. The molecule has 2 aliphatic heterocycles. The third-order valence-electron chi connectivity index (χ3n) is 4.44. The van der Waals surface area contributed by atoms with E-state index in [2.05, 4.69) is 10.4 Å². The van der Waals surface area contributed by atoms with Crippen LogP contribution in [0.2, 0.25) is 0 Å². The molecule has 2 aromatic rings. The van der Waals surface area contributed by atoms with Gasteiger partial charge in [0.15, 0.2) is 17.5 Å². The first-order valence-electron chi connectivity index (χ1n) is 7.88. The maximum absolute atomic E-state index is 13.5. The second-order valence-electron chi connectivity index (χ2n) is 6.05. The summed E-state index contributed by atoms with van der Waals surface area (Å²) < 4.78 is 52.1. The summed E-state index contributed by atoms with van der Waals surface area (Å²) >= 11 is 0. The lowest BCUT2D eigenvalue weighted by atomic mass is 9.96. The van der Waals surface area contributed by atoms with Crippen LogP contribution >= 0.6 is 0 Å². The first-order valence-corrected chi connectivity index (χ1v) is 7.88. The highest BCUT2D eigenvalue weighted by atomic mass is 19.4. The van der Waals surface area contributed by atoms with E-state index in [0.717, 1.165) is 6.20 Å². The van der Waals surface area contributed by atoms with Crippen molar-refractivity contribution in [1.29, 1.82) is 0 Å². The summed E-state index contributed by atoms with van der Waals surface area (Å²) in [5, 5.41) is 15.7. The standard InChI is InChI=1S/C16H14F3N3O4/c17-16(18,19)13-6-10(21-14-9(15(23)24)7-20-22(13)14)8-1-2-11-12(5-8)26-4-3-25-11/h1-2,5,7,10,13,21H,3-4,6H2,(H,23,24)/t10-,13-/m1/s1. The Morgan fingerprint density at radius 3 is 2.69 bits per heavy atom. The van der Waals surface area contributed by atoms with E-state index in [9.17, 15) is 23.1 Å². The second kappa shape index (κ2) is 5.82. The number of hydrogen-bond acceptors (Lipinski definition) is 5. The van der Waals surface area contributed by atoms with Crippen LogP contribution in [-0.2, 0) is 0 Å². The van der Waals surface area contributed by atoms with Crippen LogP contribution in [0.3, 0.4) is 0 Å². The molecule has 0 amide bonds. The highest BCUT2D eigenvalue weighted by molar-refractivity contribution is 5.93. The van der Waals surface area contributed by atoms with Crippen molar-refractivity contribution in [2.75, 3.05) is 18.5 Å². The number of carboxylic acids is 1. The van der Waals surface area contributed by atoms with Gasteiger partial charge in [-0.3, -0.25) is 0 Å². The number of fused-ring (bicyclic) bond motifs is 2. The van der Waals surface area contributed by atoms with Crippen molar-refractivity contribution in [2.24, 2.45) is 0 Å². The fourth-order valence-corrected chi connectivity index (χ4v) is 3.21. The van der Waals surface area contributed by atoms with Crippen LogP contribution in [0.25, 0.3) is 0 Å². The van der Waals surface area contributed by atoms with Gasteiger partial charge in [0, 0.05) is 6.42 Å². The van der Waals surface area contributed by atoms with Crippen molar-refractivity contribution in [3.8, 4) is 11.5 Å². The van der Waals surface area contributed by atoms with E-state index in [0.29, 0.717) is 35.0 Å². The van der Waals surface area contributed by atoms with Crippen LogP contribution in [0.1, 0.15) is 34.4 Å². The van der Waals surface area contributed by atoms with Gasteiger partial charge in [0.2, 0.25) is 0 Å². The molecule has 2 aliphatic rings. The van der Waals surface area contributed by atoms with Crippen molar-refractivity contribution in [1.82, 2.24) is 9.78 Å². The van der Waals surface area contributed by atoms with Gasteiger partial charge in [0.1, 0.15) is 24.6 Å². The molecule has 0 radical (unpaired) electrons. The van der Waals surface area contributed by atoms with Crippen LogP contribution in [0.5, 0.6) is 11.5 Å². The minimum Gasteiger partial charge on any atom is -0.486 e. The molecule has 0 saturated heterocycles. The van der Waals surface area contributed by atoms with E-state index in [1.54, 1.807) is 18.2 Å². The molecule has 0 fully saturated rings. The van der Waals surface area contributed by atoms with Crippen molar-refractivity contribution in [3.05, 3.63) is 35.5 Å². The lowest BCUT2D eigenvalue weighted by Gasteiger charge is -2.34. The number of hydrogen-bond donors (Lipinski definition) is 2. The van der Waals surface area contributed by atoms with Crippen LogP contribution in [0, 0.1) is 0 Å². The smallest absolute Gasteiger partial charge is 0.410 e. The number of carboxylic acid groups (broad SMARTS) is 1. The summed E-state index contributed by atoms with van der Waals surface area (Å²) in [5.74, 6) is -0.524. The first kappa shape index (κ1) is 16.6. The molecule has 2 atom stereocenters. The molecule has 0 saturated carbocycles. The first-order chi connectivity index (χ1) is 12.3. The predicted molar refractivity (Wildman–Crippen MR) is 82.7 cm³/mol. The number of nitrogens with one attached hydrogen (secondary N) is 1. The van der Waals surface area contributed by atoms with E-state index in [4.69, 9.17) is 9.47 Å². The molecular formula is C16H14F3N3O4. The highest BCUT2D eigenvalue weighted by Crippen LogP contribution is 2.45. The molecule has 10 heteroatoms. The van der Waals surface area contributed by atoms with E-state index < -0.39 is 24.2 Å². The fourth-order valence-electron chi connectivity index (χ4n) is 3.21. The lowest BCUT2D eigenvalue weighted by molar-refractivity contribution is -0.173. The quantitative estimate of drug-likeness (QED) is 0.847. The normalized spacial score (nSPS) is 21.7. The fraction of sp³-hybridized carbons (Fsp3) is 0.375. The number of ether oxygens (including phenoxy) is 2. The molecule has 1 aromatic carbocycles. The van der Waals surface area contributed by atoms with E-state index in [-0.39, 0.29) is 17.8 Å². The number of carbonyl (C=O) groups is 1. The number of rotatable bonds is 2. The molecule has 1 aromatic heterocycles. The summed E-state index contributed by atoms with van der Waals surface area (Å²) in [7, 11) is 0. The Kier molecular flexibility index (Phi) is 3.70. The van der Waals surface area contributed by atoms with Gasteiger partial charge in [-0.15, -0.1) is 0 Å². The van der Waals surface area contributed by atoms with Crippen molar-refractivity contribution < 1.29 is 32.5 Å². The largest absolute Gasteiger partial charge is 0.486 e. The number of halogens is 3. The van der Waals surface area contributed by atoms with Crippen molar-refractivity contribution >= 4 is 11.8 Å². The highest BCUT2D eigenvalue weighted by Gasteiger charge is 2.47. The predicted octanol–water partition coefficient (Wildman–Crippen LogP) is 3.01. The number of benzene rings is 1. The Balaban J connectivity index is 1.74. The van der Waals surface area contributed by atoms with Gasteiger partial charge in [-0.05, 0) is 17.7 Å². The summed E-state index contributed by atoms with van der Waals surface area (Å²) in [5.41, 5.74) is 0.244. The van der Waals surface area contributed by atoms with Gasteiger partial charge in [-0.1, -0.05) is 6.07 Å². The molecule has 2 N–H and O–H groups in total. The molecule has 0 spiro atoms. The maximum atomic E-state index is 13.5. The zero-order valence-corrected chi connectivity index (χ0v) is 13.3. The average Bonchev–Trinajstić information content (AvgIpc) is 3.03. The number of nitrogens with zero attached hydrogens (tertiary/aromatic N) is 2. The Bertz CT molecular complexity index is 865. The van der Waals surface area contributed by atoms with E-state index >= 15 is 0 Å². The van der Waals surface area contributed by atoms with Gasteiger partial charge in [0.05, 0.1) is 12.2 Å². The van der Waals surface area contributed by atoms with Gasteiger partial charge < -0.3 is 19.9 Å². The van der Waals surface area contributed by atoms with Crippen LogP contribution in [0.4, 0.5) is 19.0 Å².